The second kappa shape index (κ2) is 5.94. The van der Waals surface area contributed by atoms with Crippen LogP contribution < -0.4 is 4.74 Å². The van der Waals surface area contributed by atoms with Crippen molar-refractivity contribution < 1.29 is 27.8 Å². The molecular weight excluding hydrogens is 374 g/mol. The molecule has 23 heavy (non-hydrogen) atoms. The third kappa shape index (κ3) is 3.45. The Morgan fingerprint density at radius 1 is 1.13 bits per heavy atom. The summed E-state index contributed by atoms with van der Waals surface area (Å²) in [6.07, 6.45) is 0. The second-order valence-corrected chi connectivity index (χ2v) is 7.26. The molecule has 0 atom stereocenters. The summed E-state index contributed by atoms with van der Waals surface area (Å²) in [5.41, 5.74) is -2.32. The molecule has 1 aliphatic heterocycles. The van der Waals surface area contributed by atoms with E-state index in [2.05, 4.69) is 20.7 Å². The molecule has 0 bridgehead atoms. The van der Waals surface area contributed by atoms with Crippen molar-refractivity contribution in [3.63, 3.8) is 0 Å². The Morgan fingerprint density at radius 3 is 2.13 bits per heavy atom. The standard InChI is InChI=1S/C16H17BrF2O4/c1-15(2)12(20)11(13(21)16(3,4)23-15)9-7-8(17)5-6-10(9)22-14(18)19/h5-7,11,14H,1-4H3. The van der Waals surface area contributed by atoms with Gasteiger partial charge in [-0.05, 0) is 45.9 Å². The predicted octanol–water partition coefficient (Wildman–Crippen LogP) is 3.86. The van der Waals surface area contributed by atoms with E-state index in [-0.39, 0.29) is 11.3 Å². The van der Waals surface area contributed by atoms with Gasteiger partial charge in [0.05, 0.1) is 0 Å². The van der Waals surface area contributed by atoms with Crippen LogP contribution in [0.2, 0.25) is 0 Å². The number of ketones is 2. The van der Waals surface area contributed by atoms with Crippen molar-refractivity contribution in [2.45, 2.75) is 51.4 Å². The van der Waals surface area contributed by atoms with Crippen molar-refractivity contribution in [2.75, 3.05) is 0 Å². The van der Waals surface area contributed by atoms with E-state index in [9.17, 15) is 18.4 Å². The fraction of sp³-hybridized carbons (Fsp3) is 0.500. The lowest BCUT2D eigenvalue weighted by Crippen LogP contribution is -2.57. The van der Waals surface area contributed by atoms with Gasteiger partial charge in [0.25, 0.3) is 0 Å². The molecule has 1 heterocycles. The van der Waals surface area contributed by atoms with E-state index in [0.29, 0.717) is 4.47 Å². The van der Waals surface area contributed by atoms with Crippen LogP contribution in [-0.2, 0) is 14.3 Å². The fourth-order valence-electron chi connectivity index (χ4n) is 2.78. The van der Waals surface area contributed by atoms with E-state index in [1.165, 1.54) is 18.2 Å². The van der Waals surface area contributed by atoms with Gasteiger partial charge in [-0.25, -0.2) is 0 Å². The van der Waals surface area contributed by atoms with Gasteiger partial charge in [-0.2, -0.15) is 8.78 Å². The number of hydrogen-bond acceptors (Lipinski definition) is 4. The predicted molar refractivity (Wildman–Crippen MR) is 82.8 cm³/mol. The molecule has 0 saturated carbocycles. The summed E-state index contributed by atoms with van der Waals surface area (Å²) in [5, 5.41) is 0. The molecule has 0 amide bonds. The molecule has 1 aliphatic rings. The quantitative estimate of drug-likeness (QED) is 0.735. The van der Waals surface area contributed by atoms with E-state index < -0.39 is 35.3 Å². The number of Topliss-reactive ketones (excluding diaryl/α,β-unsaturated/α-hetero) is 2. The number of alkyl halides is 2. The van der Waals surface area contributed by atoms with Crippen molar-refractivity contribution in [3.8, 4) is 5.75 Å². The molecule has 4 nitrogen and oxygen atoms in total. The van der Waals surface area contributed by atoms with E-state index in [0.717, 1.165) is 0 Å². The number of carbonyl (C=O) groups excluding carboxylic acids is 2. The molecule has 1 fully saturated rings. The first kappa shape index (κ1) is 18.0. The Bertz CT molecular complexity index is 629. The van der Waals surface area contributed by atoms with Crippen LogP contribution in [0.1, 0.15) is 39.2 Å². The fourth-order valence-corrected chi connectivity index (χ4v) is 3.16. The average Bonchev–Trinajstić information content (AvgIpc) is 2.38. The van der Waals surface area contributed by atoms with Gasteiger partial charge in [0, 0.05) is 10.0 Å². The highest BCUT2D eigenvalue weighted by Crippen LogP contribution is 2.42. The maximum absolute atomic E-state index is 12.7. The second-order valence-electron chi connectivity index (χ2n) is 6.34. The summed E-state index contributed by atoms with van der Waals surface area (Å²) in [7, 11) is 0. The van der Waals surface area contributed by atoms with E-state index in [4.69, 9.17) is 4.74 Å². The van der Waals surface area contributed by atoms with Crippen molar-refractivity contribution in [1.29, 1.82) is 0 Å². The van der Waals surface area contributed by atoms with Crippen molar-refractivity contribution in [3.05, 3.63) is 28.2 Å². The van der Waals surface area contributed by atoms with Crippen molar-refractivity contribution in [2.24, 2.45) is 0 Å². The van der Waals surface area contributed by atoms with E-state index in [1.807, 2.05) is 0 Å². The molecule has 126 valence electrons. The highest BCUT2D eigenvalue weighted by molar-refractivity contribution is 9.10. The van der Waals surface area contributed by atoms with Gasteiger partial charge in [-0.3, -0.25) is 9.59 Å². The summed E-state index contributed by atoms with van der Waals surface area (Å²) in [5.74, 6) is -2.39. The third-order valence-electron chi connectivity index (χ3n) is 3.72. The average molecular weight is 391 g/mol. The summed E-state index contributed by atoms with van der Waals surface area (Å²) in [6, 6.07) is 4.27. The lowest BCUT2D eigenvalue weighted by atomic mass is 9.75. The van der Waals surface area contributed by atoms with Gasteiger partial charge in [0.2, 0.25) is 0 Å². The van der Waals surface area contributed by atoms with Crippen LogP contribution in [-0.4, -0.2) is 29.4 Å². The van der Waals surface area contributed by atoms with E-state index in [1.54, 1.807) is 27.7 Å². The van der Waals surface area contributed by atoms with Gasteiger partial charge in [-0.1, -0.05) is 15.9 Å². The Hall–Kier alpha value is -1.34. The SMILES string of the molecule is CC1(C)OC(C)(C)C(=O)C(c2cc(Br)ccc2OC(F)F)C1=O. The largest absolute Gasteiger partial charge is 0.435 e. The molecule has 1 aromatic rings. The van der Waals surface area contributed by atoms with Crippen LogP contribution in [0.25, 0.3) is 0 Å². The van der Waals surface area contributed by atoms with Gasteiger partial charge in [0.1, 0.15) is 22.9 Å². The summed E-state index contributed by atoms with van der Waals surface area (Å²) in [6.45, 7) is 3.18. The van der Waals surface area contributed by atoms with Crippen LogP contribution in [0, 0.1) is 0 Å². The molecule has 0 N–H and O–H groups in total. The maximum Gasteiger partial charge on any atom is 0.387 e. The van der Waals surface area contributed by atoms with Gasteiger partial charge >= 0.3 is 6.61 Å². The van der Waals surface area contributed by atoms with Gasteiger partial charge < -0.3 is 9.47 Å². The molecule has 1 saturated heterocycles. The number of rotatable bonds is 3. The van der Waals surface area contributed by atoms with Crippen LogP contribution in [0.4, 0.5) is 8.78 Å². The van der Waals surface area contributed by atoms with Gasteiger partial charge in [0.15, 0.2) is 11.6 Å². The molecule has 0 unspecified atom stereocenters. The minimum atomic E-state index is -3.05. The maximum atomic E-state index is 12.7. The van der Waals surface area contributed by atoms with Crippen LogP contribution in [0.3, 0.4) is 0 Å². The minimum absolute atomic E-state index is 0.110. The van der Waals surface area contributed by atoms with Crippen LogP contribution in [0.15, 0.2) is 22.7 Å². The Balaban J connectivity index is 2.60. The van der Waals surface area contributed by atoms with Crippen molar-refractivity contribution >= 4 is 27.5 Å². The molecule has 7 heteroatoms. The first-order valence-corrected chi connectivity index (χ1v) is 7.78. The topological polar surface area (TPSA) is 52.6 Å². The van der Waals surface area contributed by atoms with Gasteiger partial charge in [-0.15, -0.1) is 0 Å². The molecular formula is C16H17BrF2O4. The summed E-state index contributed by atoms with van der Waals surface area (Å²) in [4.78, 5) is 25.4. The Labute approximate surface area is 141 Å². The molecule has 0 aromatic heterocycles. The first-order chi connectivity index (χ1) is 10.5. The zero-order chi connectivity index (χ0) is 17.6. The first-order valence-electron chi connectivity index (χ1n) is 6.99. The van der Waals surface area contributed by atoms with Crippen LogP contribution >= 0.6 is 15.9 Å². The highest BCUT2D eigenvalue weighted by atomic mass is 79.9. The smallest absolute Gasteiger partial charge is 0.387 e. The number of halogens is 3. The normalized spacial score (nSPS) is 20.9. The highest BCUT2D eigenvalue weighted by Gasteiger charge is 2.53. The Morgan fingerprint density at radius 2 is 1.65 bits per heavy atom. The van der Waals surface area contributed by atoms with Crippen molar-refractivity contribution in [1.82, 2.24) is 0 Å². The number of carbonyl (C=O) groups is 2. The zero-order valence-corrected chi connectivity index (χ0v) is 14.7. The van der Waals surface area contributed by atoms with E-state index >= 15 is 0 Å². The molecule has 2 rings (SSSR count). The monoisotopic (exact) mass is 390 g/mol. The molecule has 0 aliphatic carbocycles. The zero-order valence-electron chi connectivity index (χ0n) is 13.2. The lowest BCUT2D eigenvalue weighted by Gasteiger charge is -2.42. The molecule has 0 spiro atoms. The number of ether oxygens (including phenoxy) is 2. The molecule has 0 radical (unpaired) electrons. The van der Waals surface area contributed by atoms with Crippen LogP contribution in [0.5, 0.6) is 5.75 Å². The Kier molecular flexibility index (Phi) is 4.65. The minimum Gasteiger partial charge on any atom is -0.435 e. The number of hydrogen-bond donors (Lipinski definition) is 0. The summed E-state index contributed by atoms with van der Waals surface area (Å²) < 4.78 is 35.9. The summed E-state index contributed by atoms with van der Waals surface area (Å²) >= 11 is 3.23. The molecule has 1 aromatic carbocycles. The lowest BCUT2D eigenvalue weighted by molar-refractivity contribution is -0.184. The third-order valence-corrected chi connectivity index (χ3v) is 4.21. The number of benzene rings is 1.